The van der Waals surface area contributed by atoms with E-state index in [1.165, 1.54) is 13.1 Å². The fourth-order valence-corrected chi connectivity index (χ4v) is 2.15. The average molecular weight is 225 g/mol. The first-order valence-electron chi connectivity index (χ1n) is 4.50. The first kappa shape index (κ1) is 10.2. The Balaban J connectivity index is 2.51. The second-order valence-electron chi connectivity index (χ2n) is 3.12. The van der Waals surface area contributed by atoms with Crippen molar-refractivity contribution in [3.8, 4) is 5.75 Å². The second-order valence-corrected chi connectivity index (χ2v) is 5.01. The Morgan fingerprint density at radius 2 is 2.20 bits per heavy atom. The molecular formula is C10H11NO3S. The normalized spacial score (nSPS) is 14.5. The predicted molar refractivity (Wildman–Crippen MR) is 57.2 cm³/mol. The zero-order valence-electron chi connectivity index (χ0n) is 8.23. The van der Waals surface area contributed by atoms with Gasteiger partial charge in [-0.05, 0) is 31.3 Å². The van der Waals surface area contributed by atoms with Gasteiger partial charge in [0.15, 0.2) is 0 Å². The van der Waals surface area contributed by atoms with E-state index in [0.717, 1.165) is 5.56 Å². The Morgan fingerprint density at radius 1 is 1.40 bits per heavy atom. The Morgan fingerprint density at radius 3 is 2.93 bits per heavy atom. The fourth-order valence-electron chi connectivity index (χ4n) is 1.39. The largest absolute Gasteiger partial charge is 0.489 e. The van der Waals surface area contributed by atoms with Crippen molar-refractivity contribution in [1.29, 1.82) is 0 Å². The zero-order valence-corrected chi connectivity index (χ0v) is 9.04. The van der Waals surface area contributed by atoms with E-state index in [9.17, 15) is 8.42 Å². The van der Waals surface area contributed by atoms with Crippen LogP contribution in [0.4, 0.5) is 0 Å². The molecular weight excluding hydrogens is 214 g/mol. The van der Waals surface area contributed by atoms with Crippen molar-refractivity contribution in [2.75, 3.05) is 13.7 Å². The molecule has 5 heteroatoms. The van der Waals surface area contributed by atoms with Crippen molar-refractivity contribution in [1.82, 2.24) is 4.72 Å². The standard InChI is InChI=1S/C10H11NO3S/c1-11-15(12,13)9-4-5-10-8(7-9)3-2-6-14-10/h2-5,7,11H,6H2,1H3. The third-order valence-electron chi connectivity index (χ3n) is 2.19. The van der Waals surface area contributed by atoms with Crippen LogP contribution in [0.2, 0.25) is 0 Å². The van der Waals surface area contributed by atoms with E-state index in [0.29, 0.717) is 12.4 Å². The van der Waals surface area contributed by atoms with Crippen LogP contribution in [0.25, 0.3) is 6.08 Å². The van der Waals surface area contributed by atoms with E-state index >= 15 is 0 Å². The molecule has 4 nitrogen and oxygen atoms in total. The maximum absolute atomic E-state index is 11.5. The maximum Gasteiger partial charge on any atom is 0.240 e. The molecule has 1 heterocycles. The van der Waals surface area contributed by atoms with Crippen LogP contribution >= 0.6 is 0 Å². The predicted octanol–water partition coefficient (Wildman–Crippen LogP) is 1.00. The van der Waals surface area contributed by atoms with E-state index in [-0.39, 0.29) is 4.90 Å². The van der Waals surface area contributed by atoms with Crippen molar-refractivity contribution in [2.24, 2.45) is 0 Å². The molecule has 0 unspecified atom stereocenters. The van der Waals surface area contributed by atoms with Gasteiger partial charge in [-0.1, -0.05) is 6.08 Å². The number of hydrogen-bond acceptors (Lipinski definition) is 3. The summed E-state index contributed by atoms with van der Waals surface area (Å²) in [5, 5.41) is 0. The Hall–Kier alpha value is -1.33. The quantitative estimate of drug-likeness (QED) is 0.817. The van der Waals surface area contributed by atoms with Gasteiger partial charge in [0.2, 0.25) is 10.0 Å². The number of nitrogens with one attached hydrogen (secondary N) is 1. The molecule has 15 heavy (non-hydrogen) atoms. The van der Waals surface area contributed by atoms with Crippen LogP contribution in [-0.2, 0) is 10.0 Å². The topological polar surface area (TPSA) is 55.4 Å². The van der Waals surface area contributed by atoms with Crippen LogP contribution in [0.1, 0.15) is 5.56 Å². The van der Waals surface area contributed by atoms with E-state index < -0.39 is 10.0 Å². The lowest BCUT2D eigenvalue weighted by molar-refractivity contribution is 0.358. The molecule has 80 valence electrons. The van der Waals surface area contributed by atoms with Gasteiger partial charge in [-0.25, -0.2) is 13.1 Å². The van der Waals surface area contributed by atoms with Gasteiger partial charge in [-0.15, -0.1) is 0 Å². The van der Waals surface area contributed by atoms with Gasteiger partial charge in [0.1, 0.15) is 12.4 Å². The van der Waals surface area contributed by atoms with Crippen LogP contribution in [0.15, 0.2) is 29.2 Å². The second kappa shape index (κ2) is 3.67. The van der Waals surface area contributed by atoms with Gasteiger partial charge in [0.05, 0.1) is 4.90 Å². The molecule has 0 amide bonds. The lowest BCUT2D eigenvalue weighted by Gasteiger charge is -2.13. The fraction of sp³-hybridized carbons (Fsp3) is 0.200. The molecule has 0 saturated carbocycles. The molecule has 1 aromatic rings. The summed E-state index contributed by atoms with van der Waals surface area (Å²) in [5.74, 6) is 0.715. The molecule has 0 radical (unpaired) electrons. The minimum Gasteiger partial charge on any atom is -0.489 e. The minimum absolute atomic E-state index is 0.249. The Kier molecular flexibility index (Phi) is 2.50. The third kappa shape index (κ3) is 1.88. The molecule has 0 atom stereocenters. The van der Waals surface area contributed by atoms with Gasteiger partial charge in [0, 0.05) is 5.56 Å². The smallest absolute Gasteiger partial charge is 0.240 e. The minimum atomic E-state index is -3.37. The molecule has 1 aliphatic rings. The summed E-state index contributed by atoms with van der Waals surface area (Å²) in [4.78, 5) is 0.249. The van der Waals surface area contributed by atoms with Crippen molar-refractivity contribution in [2.45, 2.75) is 4.90 Å². The highest BCUT2D eigenvalue weighted by molar-refractivity contribution is 7.89. The third-order valence-corrected chi connectivity index (χ3v) is 3.60. The molecule has 0 saturated heterocycles. The van der Waals surface area contributed by atoms with Crippen LogP contribution in [-0.4, -0.2) is 22.1 Å². The highest BCUT2D eigenvalue weighted by Crippen LogP contribution is 2.26. The van der Waals surface area contributed by atoms with Gasteiger partial charge in [-0.2, -0.15) is 0 Å². The molecule has 1 aliphatic heterocycles. The number of rotatable bonds is 2. The van der Waals surface area contributed by atoms with E-state index in [2.05, 4.69) is 4.72 Å². The molecule has 1 aromatic carbocycles. The van der Waals surface area contributed by atoms with Gasteiger partial charge < -0.3 is 4.74 Å². The monoisotopic (exact) mass is 225 g/mol. The number of hydrogen-bond donors (Lipinski definition) is 1. The van der Waals surface area contributed by atoms with E-state index in [1.54, 1.807) is 12.1 Å². The van der Waals surface area contributed by atoms with Crippen LogP contribution in [0.3, 0.4) is 0 Å². The Labute approximate surface area is 88.6 Å². The summed E-state index contributed by atoms with van der Waals surface area (Å²) in [6, 6.07) is 4.80. The molecule has 1 N–H and O–H groups in total. The summed E-state index contributed by atoms with van der Waals surface area (Å²) in [6.45, 7) is 0.533. The molecule has 0 aliphatic carbocycles. The SMILES string of the molecule is CNS(=O)(=O)c1ccc2c(c1)C=CCO2. The van der Waals surface area contributed by atoms with Crippen molar-refractivity contribution < 1.29 is 13.2 Å². The number of fused-ring (bicyclic) bond motifs is 1. The van der Waals surface area contributed by atoms with Gasteiger partial charge in [-0.3, -0.25) is 0 Å². The number of sulfonamides is 1. The van der Waals surface area contributed by atoms with Crippen LogP contribution in [0, 0.1) is 0 Å². The lowest BCUT2D eigenvalue weighted by Crippen LogP contribution is -2.18. The highest BCUT2D eigenvalue weighted by atomic mass is 32.2. The van der Waals surface area contributed by atoms with Crippen LogP contribution < -0.4 is 9.46 Å². The summed E-state index contributed by atoms with van der Waals surface area (Å²) >= 11 is 0. The van der Waals surface area contributed by atoms with E-state index in [1.807, 2.05) is 12.2 Å². The summed E-state index contributed by atoms with van der Waals surface area (Å²) in [7, 11) is -1.98. The van der Waals surface area contributed by atoms with Crippen molar-refractivity contribution in [3.05, 3.63) is 29.8 Å². The van der Waals surface area contributed by atoms with Crippen molar-refractivity contribution >= 4 is 16.1 Å². The molecule has 0 fully saturated rings. The summed E-state index contributed by atoms with van der Waals surface area (Å²) < 4.78 is 30.6. The summed E-state index contributed by atoms with van der Waals surface area (Å²) in [5.41, 5.74) is 0.789. The van der Waals surface area contributed by atoms with E-state index in [4.69, 9.17) is 4.74 Å². The Bertz CT molecular complexity index is 505. The van der Waals surface area contributed by atoms with Crippen LogP contribution in [0.5, 0.6) is 5.75 Å². The zero-order chi connectivity index (χ0) is 10.9. The maximum atomic E-state index is 11.5. The van der Waals surface area contributed by atoms with Crippen molar-refractivity contribution in [3.63, 3.8) is 0 Å². The first-order valence-corrected chi connectivity index (χ1v) is 5.99. The molecule has 2 rings (SSSR count). The molecule has 0 bridgehead atoms. The lowest BCUT2D eigenvalue weighted by atomic mass is 10.1. The van der Waals surface area contributed by atoms with Gasteiger partial charge >= 0.3 is 0 Å². The average Bonchev–Trinajstić information content (AvgIpc) is 2.28. The highest BCUT2D eigenvalue weighted by Gasteiger charge is 2.14. The summed E-state index contributed by atoms with van der Waals surface area (Å²) in [6.07, 6.45) is 3.70. The molecule has 0 spiro atoms. The number of ether oxygens (including phenoxy) is 1. The molecule has 0 aromatic heterocycles. The first-order chi connectivity index (χ1) is 7.13. The number of benzene rings is 1. The van der Waals surface area contributed by atoms with Gasteiger partial charge in [0.25, 0.3) is 0 Å².